The molecule has 6 heteroatoms. The average molecular weight is 331 g/mol. The Labute approximate surface area is 141 Å². The van der Waals surface area contributed by atoms with Gasteiger partial charge in [0.15, 0.2) is 11.5 Å². The molecule has 2 aromatic carbocycles. The summed E-state index contributed by atoms with van der Waals surface area (Å²) in [6.07, 6.45) is 0.444. The summed E-state index contributed by atoms with van der Waals surface area (Å²) in [5, 5.41) is 12.9. The van der Waals surface area contributed by atoms with Crippen molar-refractivity contribution in [1.29, 1.82) is 0 Å². The molecule has 0 amide bonds. The molecule has 0 atom stereocenters. The summed E-state index contributed by atoms with van der Waals surface area (Å²) in [6, 6.07) is 11.1. The van der Waals surface area contributed by atoms with Crippen LogP contribution in [0, 0.1) is 0 Å². The maximum atomic E-state index is 9.45. The van der Waals surface area contributed by atoms with Crippen LogP contribution >= 0.6 is 0 Å². The summed E-state index contributed by atoms with van der Waals surface area (Å²) in [5.74, 6) is 2.27. The minimum atomic E-state index is 0.444. The molecule has 0 fully saturated rings. The number of hydrogen-bond donors (Lipinski definition) is 1. The zero-order valence-electron chi connectivity index (χ0n) is 14.2. The molecule has 6 nitrogen and oxygen atoms in total. The van der Waals surface area contributed by atoms with E-state index in [0.717, 1.165) is 11.3 Å². The van der Waals surface area contributed by atoms with Gasteiger partial charge in [0.25, 0.3) is 0 Å². The largest absolute Gasteiger partial charge is 0.497 e. The highest BCUT2D eigenvalue weighted by Gasteiger charge is 2.16. The summed E-state index contributed by atoms with van der Waals surface area (Å²) >= 11 is 0. The Hall–Kier alpha value is -2.89. The van der Waals surface area contributed by atoms with Crippen molar-refractivity contribution in [2.45, 2.75) is 6.42 Å². The van der Waals surface area contributed by atoms with E-state index in [9.17, 15) is 5.21 Å². The highest BCUT2D eigenvalue weighted by molar-refractivity contribution is 6.02. The number of nitrogens with zero attached hydrogens (tertiary/aromatic N) is 1. The Morgan fingerprint density at radius 1 is 0.875 bits per heavy atom. The Morgan fingerprint density at radius 2 is 1.46 bits per heavy atom. The van der Waals surface area contributed by atoms with Gasteiger partial charge in [-0.3, -0.25) is 0 Å². The zero-order chi connectivity index (χ0) is 17.5. The summed E-state index contributed by atoms with van der Waals surface area (Å²) < 4.78 is 21.1. The molecule has 0 unspecified atom stereocenters. The first kappa shape index (κ1) is 17.5. The van der Waals surface area contributed by atoms with E-state index in [1.165, 1.54) is 0 Å². The van der Waals surface area contributed by atoms with Crippen molar-refractivity contribution in [3.63, 3.8) is 0 Å². The van der Waals surface area contributed by atoms with E-state index in [2.05, 4.69) is 5.16 Å². The van der Waals surface area contributed by atoms with E-state index in [1.54, 1.807) is 40.6 Å². The SMILES string of the molecule is COc1ccc(CC(=NO)c2cc(OC)c(OC)c(OC)c2)cc1. The maximum Gasteiger partial charge on any atom is 0.203 e. The fourth-order valence-electron chi connectivity index (χ4n) is 2.38. The van der Waals surface area contributed by atoms with Gasteiger partial charge in [-0.25, -0.2) is 0 Å². The van der Waals surface area contributed by atoms with Crippen molar-refractivity contribution in [3.05, 3.63) is 47.5 Å². The normalized spacial score (nSPS) is 11.1. The molecule has 0 heterocycles. The van der Waals surface area contributed by atoms with Gasteiger partial charge in [0.05, 0.1) is 34.2 Å². The molecule has 0 bridgehead atoms. The van der Waals surface area contributed by atoms with E-state index in [1.807, 2.05) is 24.3 Å². The quantitative estimate of drug-likeness (QED) is 0.479. The van der Waals surface area contributed by atoms with Crippen molar-refractivity contribution in [3.8, 4) is 23.0 Å². The van der Waals surface area contributed by atoms with Crippen LogP contribution < -0.4 is 18.9 Å². The van der Waals surface area contributed by atoms with Crippen LogP contribution in [0.2, 0.25) is 0 Å². The molecule has 0 aliphatic heterocycles. The second kappa shape index (κ2) is 8.10. The van der Waals surface area contributed by atoms with Gasteiger partial charge in [0.2, 0.25) is 5.75 Å². The number of hydrogen-bond acceptors (Lipinski definition) is 6. The Kier molecular flexibility index (Phi) is 5.89. The van der Waals surface area contributed by atoms with E-state index in [0.29, 0.717) is 34.9 Å². The molecule has 0 aliphatic rings. The number of methoxy groups -OCH3 is 4. The standard InChI is InChI=1S/C18H21NO5/c1-21-14-7-5-12(6-8-14)9-15(19-20)13-10-16(22-2)18(24-4)17(11-13)23-3/h5-8,10-11,20H,9H2,1-4H3. The highest BCUT2D eigenvalue weighted by atomic mass is 16.5. The Bertz CT molecular complexity index is 685. The molecule has 128 valence electrons. The van der Waals surface area contributed by atoms with Gasteiger partial charge in [0, 0.05) is 12.0 Å². The smallest absolute Gasteiger partial charge is 0.203 e. The minimum absolute atomic E-state index is 0.444. The van der Waals surface area contributed by atoms with Crippen molar-refractivity contribution in [2.24, 2.45) is 5.16 Å². The van der Waals surface area contributed by atoms with Gasteiger partial charge >= 0.3 is 0 Å². The van der Waals surface area contributed by atoms with Crippen molar-refractivity contribution in [1.82, 2.24) is 0 Å². The van der Waals surface area contributed by atoms with E-state index < -0.39 is 0 Å². The molecule has 0 aliphatic carbocycles. The van der Waals surface area contributed by atoms with Gasteiger partial charge in [-0.15, -0.1) is 0 Å². The molecule has 0 aromatic heterocycles. The average Bonchev–Trinajstić information content (AvgIpc) is 2.65. The van der Waals surface area contributed by atoms with Gasteiger partial charge in [-0.1, -0.05) is 17.3 Å². The second-order valence-electron chi connectivity index (χ2n) is 4.99. The van der Waals surface area contributed by atoms with Crippen molar-refractivity contribution >= 4 is 5.71 Å². The van der Waals surface area contributed by atoms with Crippen molar-refractivity contribution in [2.75, 3.05) is 28.4 Å². The molecule has 2 rings (SSSR count). The van der Waals surface area contributed by atoms with E-state index in [4.69, 9.17) is 18.9 Å². The topological polar surface area (TPSA) is 69.5 Å². The lowest BCUT2D eigenvalue weighted by molar-refractivity contribution is 0.317. The Morgan fingerprint density at radius 3 is 1.88 bits per heavy atom. The van der Waals surface area contributed by atoms with Crippen LogP contribution in [0.3, 0.4) is 0 Å². The van der Waals surface area contributed by atoms with Crippen LogP contribution in [0.1, 0.15) is 11.1 Å². The molecular weight excluding hydrogens is 310 g/mol. The third kappa shape index (κ3) is 3.71. The lowest BCUT2D eigenvalue weighted by atomic mass is 10.0. The van der Waals surface area contributed by atoms with Crippen LogP contribution in [0.25, 0.3) is 0 Å². The number of oxime groups is 1. The van der Waals surface area contributed by atoms with Crippen LogP contribution in [-0.4, -0.2) is 39.4 Å². The van der Waals surface area contributed by atoms with Crippen LogP contribution in [0.5, 0.6) is 23.0 Å². The minimum Gasteiger partial charge on any atom is -0.497 e. The van der Waals surface area contributed by atoms with Crippen LogP contribution in [-0.2, 0) is 6.42 Å². The van der Waals surface area contributed by atoms with Crippen LogP contribution in [0.4, 0.5) is 0 Å². The van der Waals surface area contributed by atoms with Crippen LogP contribution in [0.15, 0.2) is 41.6 Å². The molecule has 0 saturated carbocycles. The third-order valence-corrected chi connectivity index (χ3v) is 3.65. The predicted octanol–water partition coefficient (Wildman–Crippen LogP) is 3.14. The summed E-state index contributed by atoms with van der Waals surface area (Å²) in [4.78, 5) is 0. The zero-order valence-corrected chi connectivity index (χ0v) is 14.2. The Balaban J connectivity index is 2.36. The summed E-state index contributed by atoms with van der Waals surface area (Å²) in [6.45, 7) is 0. The number of benzene rings is 2. The first-order valence-corrected chi connectivity index (χ1v) is 7.31. The second-order valence-corrected chi connectivity index (χ2v) is 4.99. The predicted molar refractivity (Wildman–Crippen MR) is 91.1 cm³/mol. The lowest BCUT2D eigenvalue weighted by Gasteiger charge is -2.14. The molecular formula is C18H21NO5. The van der Waals surface area contributed by atoms with Gasteiger partial charge in [-0.05, 0) is 29.8 Å². The third-order valence-electron chi connectivity index (χ3n) is 3.65. The highest BCUT2D eigenvalue weighted by Crippen LogP contribution is 2.38. The first-order chi connectivity index (χ1) is 11.7. The molecule has 24 heavy (non-hydrogen) atoms. The molecule has 0 radical (unpaired) electrons. The maximum absolute atomic E-state index is 9.45. The lowest BCUT2D eigenvalue weighted by Crippen LogP contribution is -2.07. The molecule has 0 saturated heterocycles. The van der Waals surface area contributed by atoms with E-state index >= 15 is 0 Å². The van der Waals surface area contributed by atoms with Crippen molar-refractivity contribution < 1.29 is 24.2 Å². The number of rotatable bonds is 7. The first-order valence-electron chi connectivity index (χ1n) is 7.31. The monoisotopic (exact) mass is 331 g/mol. The summed E-state index contributed by atoms with van der Waals surface area (Å²) in [5.41, 5.74) is 2.15. The fraction of sp³-hybridized carbons (Fsp3) is 0.278. The van der Waals surface area contributed by atoms with E-state index in [-0.39, 0.29) is 0 Å². The molecule has 0 spiro atoms. The molecule has 1 N–H and O–H groups in total. The van der Waals surface area contributed by atoms with Gasteiger partial charge in [-0.2, -0.15) is 0 Å². The summed E-state index contributed by atoms with van der Waals surface area (Å²) in [7, 11) is 6.24. The fourth-order valence-corrected chi connectivity index (χ4v) is 2.38. The molecule has 2 aromatic rings. The van der Waals surface area contributed by atoms with Gasteiger partial charge < -0.3 is 24.2 Å². The number of ether oxygens (including phenoxy) is 4. The van der Waals surface area contributed by atoms with Gasteiger partial charge in [0.1, 0.15) is 5.75 Å².